The predicted molar refractivity (Wildman–Crippen MR) is 108 cm³/mol. The molecule has 1 aliphatic rings. The highest BCUT2D eigenvalue weighted by Gasteiger charge is 2.19. The molecule has 2 aromatic rings. The van der Waals surface area contributed by atoms with Crippen LogP contribution in [0.15, 0.2) is 30.5 Å². The molecule has 27 heavy (non-hydrogen) atoms. The first-order valence-corrected chi connectivity index (χ1v) is 10.2. The molecule has 7 heteroatoms. The molecule has 3 rings (SSSR count). The molecule has 0 unspecified atom stereocenters. The van der Waals surface area contributed by atoms with Crippen LogP contribution in [0, 0.1) is 11.3 Å². The van der Waals surface area contributed by atoms with Crippen molar-refractivity contribution in [2.75, 3.05) is 37.6 Å². The van der Waals surface area contributed by atoms with Gasteiger partial charge in [-0.15, -0.1) is 11.3 Å². The van der Waals surface area contributed by atoms with Gasteiger partial charge < -0.3 is 10.2 Å². The first-order chi connectivity index (χ1) is 13.2. The summed E-state index contributed by atoms with van der Waals surface area (Å²) in [4.78, 5) is 23.6. The first kappa shape index (κ1) is 19.3. The maximum absolute atomic E-state index is 12.3. The minimum atomic E-state index is 0.0606. The number of hydrogen-bond donors (Lipinski definition) is 1. The lowest BCUT2D eigenvalue weighted by molar-refractivity contribution is -0.122. The van der Waals surface area contributed by atoms with Crippen LogP contribution >= 0.6 is 11.3 Å². The highest BCUT2D eigenvalue weighted by molar-refractivity contribution is 7.11. The summed E-state index contributed by atoms with van der Waals surface area (Å²) in [5.41, 5.74) is 0.603. The van der Waals surface area contributed by atoms with E-state index in [2.05, 4.69) is 45.2 Å². The van der Waals surface area contributed by atoms with Crippen molar-refractivity contribution in [3.63, 3.8) is 0 Å². The largest absolute Gasteiger partial charge is 0.354 e. The normalized spacial score (nSPS) is 15.2. The van der Waals surface area contributed by atoms with Crippen molar-refractivity contribution in [1.82, 2.24) is 15.2 Å². The number of pyridine rings is 1. The molecule has 0 aliphatic carbocycles. The molecule has 3 heterocycles. The Morgan fingerprint density at radius 2 is 2.11 bits per heavy atom. The molecule has 1 amide bonds. The zero-order valence-electron chi connectivity index (χ0n) is 15.6. The molecule has 2 aromatic heterocycles. The summed E-state index contributed by atoms with van der Waals surface area (Å²) >= 11 is 1.76. The van der Waals surface area contributed by atoms with Gasteiger partial charge in [-0.1, -0.05) is 6.92 Å². The van der Waals surface area contributed by atoms with E-state index in [-0.39, 0.29) is 5.91 Å². The minimum absolute atomic E-state index is 0.0606. The fraction of sp³-hybridized carbons (Fsp3) is 0.450. The maximum atomic E-state index is 12.3. The highest BCUT2D eigenvalue weighted by Crippen LogP contribution is 2.18. The lowest BCUT2D eigenvalue weighted by Crippen LogP contribution is -2.39. The molecule has 0 atom stereocenters. The van der Waals surface area contributed by atoms with Gasteiger partial charge in [-0.05, 0) is 37.1 Å². The second kappa shape index (κ2) is 9.49. The monoisotopic (exact) mass is 383 g/mol. The predicted octanol–water partition coefficient (Wildman–Crippen LogP) is 2.41. The summed E-state index contributed by atoms with van der Waals surface area (Å²) in [5, 5.41) is 12.3. The van der Waals surface area contributed by atoms with E-state index in [9.17, 15) is 10.1 Å². The SMILES string of the molecule is CCc1ccc(CNC(=O)CN2CCCN(c3ncccc3C#N)CC2)s1. The molecule has 1 saturated heterocycles. The number of amides is 1. The highest BCUT2D eigenvalue weighted by atomic mass is 32.1. The van der Waals surface area contributed by atoms with Crippen LogP contribution in [0.3, 0.4) is 0 Å². The van der Waals surface area contributed by atoms with Gasteiger partial charge in [0, 0.05) is 42.1 Å². The van der Waals surface area contributed by atoms with Gasteiger partial charge in [0.15, 0.2) is 0 Å². The third-order valence-electron chi connectivity index (χ3n) is 4.69. The van der Waals surface area contributed by atoms with Crippen LogP contribution in [-0.4, -0.2) is 48.5 Å². The molecule has 6 nitrogen and oxygen atoms in total. The second-order valence-corrected chi connectivity index (χ2v) is 7.85. The summed E-state index contributed by atoms with van der Waals surface area (Å²) in [5.74, 6) is 0.807. The fourth-order valence-electron chi connectivity index (χ4n) is 3.23. The zero-order valence-corrected chi connectivity index (χ0v) is 16.5. The smallest absolute Gasteiger partial charge is 0.234 e. The molecule has 0 radical (unpaired) electrons. The summed E-state index contributed by atoms with van der Waals surface area (Å²) in [6.45, 7) is 6.42. The Morgan fingerprint density at radius 1 is 1.26 bits per heavy atom. The number of rotatable bonds is 6. The molecule has 0 saturated carbocycles. The van der Waals surface area contributed by atoms with Crippen molar-refractivity contribution in [1.29, 1.82) is 5.26 Å². The molecule has 142 valence electrons. The molecule has 1 N–H and O–H groups in total. The van der Waals surface area contributed by atoms with E-state index in [1.54, 1.807) is 29.7 Å². The lowest BCUT2D eigenvalue weighted by Gasteiger charge is -2.23. The third-order valence-corrected chi connectivity index (χ3v) is 5.92. The quantitative estimate of drug-likeness (QED) is 0.829. The number of nitriles is 1. The average Bonchev–Trinajstić information content (AvgIpc) is 3.05. The van der Waals surface area contributed by atoms with Crippen molar-refractivity contribution < 1.29 is 4.79 Å². The summed E-state index contributed by atoms with van der Waals surface area (Å²) in [6.07, 6.45) is 3.70. The Hall–Kier alpha value is -2.43. The Morgan fingerprint density at radius 3 is 2.89 bits per heavy atom. The molecule has 1 fully saturated rings. The number of carbonyl (C=O) groups is 1. The van der Waals surface area contributed by atoms with E-state index in [1.165, 1.54) is 9.75 Å². The summed E-state index contributed by atoms with van der Waals surface area (Å²) in [6, 6.07) is 10.0. The van der Waals surface area contributed by atoms with Crippen molar-refractivity contribution in [3.8, 4) is 6.07 Å². The minimum Gasteiger partial charge on any atom is -0.354 e. The van der Waals surface area contributed by atoms with Crippen LogP contribution in [0.4, 0.5) is 5.82 Å². The average molecular weight is 384 g/mol. The zero-order chi connectivity index (χ0) is 19.1. The van der Waals surface area contributed by atoms with Crippen LogP contribution in [-0.2, 0) is 17.8 Å². The topological polar surface area (TPSA) is 72.3 Å². The van der Waals surface area contributed by atoms with Gasteiger partial charge in [-0.2, -0.15) is 5.26 Å². The van der Waals surface area contributed by atoms with Crippen LogP contribution in [0.1, 0.15) is 28.7 Å². The second-order valence-electron chi connectivity index (χ2n) is 6.60. The van der Waals surface area contributed by atoms with E-state index < -0.39 is 0 Å². The van der Waals surface area contributed by atoms with Crippen LogP contribution < -0.4 is 10.2 Å². The Labute approximate surface area is 164 Å². The van der Waals surface area contributed by atoms with Crippen molar-refractivity contribution in [2.45, 2.75) is 26.3 Å². The van der Waals surface area contributed by atoms with Gasteiger partial charge in [0.2, 0.25) is 5.91 Å². The maximum Gasteiger partial charge on any atom is 0.234 e. The van der Waals surface area contributed by atoms with Gasteiger partial charge in [0.1, 0.15) is 11.9 Å². The van der Waals surface area contributed by atoms with E-state index in [0.29, 0.717) is 18.7 Å². The Kier molecular flexibility index (Phi) is 6.80. The van der Waals surface area contributed by atoms with Crippen LogP contribution in [0.5, 0.6) is 0 Å². The molecule has 0 aromatic carbocycles. The van der Waals surface area contributed by atoms with Crippen molar-refractivity contribution >= 4 is 23.1 Å². The van der Waals surface area contributed by atoms with Crippen LogP contribution in [0.2, 0.25) is 0 Å². The number of aryl methyl sites for hydroxylation is 1. The van der Waals surface area contributed by atoms with E-state index >= 15 is 0 Å². The molecular formula is C20H25N5OS. The molecule has 1 aliphatic heterocycles. The number of aromatic nitrogens is 1. The number of nitrogens with one attached hydrogen (secondary N) is 1. The molecule has 0 bridgehead atoms. The number of anilines is 1. The van der Waals surface area contributed by atoms with Crippen molar-refractivity contribution in [2.24, 2.45) is 0 Å². The number of hydrogen-bond acceptors (Lipinski definition) is 6. The van der Waals surface area contributed by atoms with E-state index in [1.807, 2.05) is 0 Å². The van der Waals surface area contributed by atoms with Crippen LogP contribution in [0.25, 0.3) is 0 Å². The van der Waals surface area contributed by atoms with Gasteiger partial charge in [0.05, 0.1) is 18.7 Å². The third kappa shape index (κ3) is 5.28. The lowest BCUT2D eigenvalue weighted by atomic mass is 10.2. The van der Waals surface area contributed by atoms with Gasteiger partial charge in [-0.25, -0.2) is 4.98 Å². The fourth-order valence-corrected chi connectivity index (χ4v) is 4.13. The number of thiophene rings is 1. The molecular weight excluding hydrogens is 358 g/mol. The summed E-state index contributed by atoms with van der Waals surface area (Å²) < 4.78 is 0. The van der Waals surface area contributed by atoms with E-state index in [0.717, 1.165) is 44.8 Å². The van der Waals surface area contributed by atoms with Gasteiger partial charge in [-0.3, -0.25) is 9.69 Å². The Balaban J connectivity index is 1.49. The van der Waals surface area contributed by atoms with E-state index in [4.69, 9.17) is 0 Å². The van der Waals surface area contributed by atoms with Crippen molar-refractivity contribution in [3.05, 3.63) is 45.8 Å². The number of carbonyl (C=O) groups excluding carboxylic acids is 1. The van der Waals surface area contributed by atoms with Gasteiger partial charge >= 0.3 is 0 Å². The standard InChI is InChI=1S/C20H25N5OS/c1-2-17-6-7-18(27-17)14-23-19(26)15-24-9-4-10-25(12-11-24)20-16(13-21)5-3-8-22-20/h3,5-8H,2,4,9-12,14-15H2,1H3,(H,23,26). The van der Waals surface area contributed by atoms with Gasteiger partial charge in [0.25, 0.3) is 0 Å². The Bertz CT molecular complexity index is 813. The summed E-state index contributed by atoms with van der Waals surface area (Å²) in [7, 11) is 0. The molecule has 0 spiro atoms. The number of nitrogens with zero attached hydrogens (tertiary/aromatic N) is 4. The first-order valence-electron chi connectivity index (χ1n) is 9.36.